The van der Waals surface area contributed by atoms with Crippen LogP contribution in [0, 0.1) is 47.3 Å². The molecule has 31 heavy (non-hydrogen) atoms. The number of rotatable bonds is 4. The molecule has 0 amide bonds. The SMILES string of the molecule is [CH2]CC[C@@H](C)[C@H]1CC[C@H]2[C@@H]3[C@H](O)C[C@]4(P(=O)(O)O)C[C@H](O)CC[C@]4(C)[C@H]3C[C@H](O)[C@]12C. The maximum absolute atomic E-state index is 12.9. The quantitative estimate of drug-likeness (QED) is 0.413. The fourth-order valence-corrected chi connectivity index (χ4v) is 11.1. The summed E-state index contributed by atoms with van der Waals surface area (Å²) in [4.78, 5) is 21.0. The van der Waals surface area contributed by atoms with Gasteiger partial charge in [-0.25, -0.2) is 0 Å². The summed E-state index contributed by atoms with van der Waals surface area (Å²) >= 11 is 0. The Morgan fingerprint density at radius 3 is 2.35 bits per heavy atom. The first-order valence-electron chi connectivity index (χ1n) is 12.2. The molecular weight excluding hydrogens is 415 g/mol. The third-order valence-corrected chi connectivity index (χ3v) is 12.8. The summed E-state index contributed by atoms with van der Waals surface area (Å²) in [5.74, 6) is 0.745. The van der Waals surface area contributed by atoms with E-state index < -0.39 is 36.5 Å². The maximum Gasteiger partial charge on any atom is 0.332 e. The minimum atomic E-state index is -4.61. The Kier molecular flexibility index (Phi) is 6.07. The van der Waals surface area contributed by atoms with Gasteiger partial charge in [0, 0.05) is 0 Å². The van der Waals surface area contributed by atoms with Crippen molar-refractivity contribution >= 4 is 7.60 Å². The van der Waals surface area contributed by atoms with Crippen molar-refractivity contribution in [3.63, 3.8) is 0 Å². The van der Waals surface area contributed by atoms with Crippen LogP contribution < -0.4 is 0 Å². The molecule has 0 bridgehead atoms. The van der Waals surface area contributed by atoms with E-state index in [2.05, 4.69) is 20.8 Å². The molecule has 4 fully saturated rings. The summed E-state index contributed by atoms with van der Waals surface area (Å²) in [6.45, 7) is 10.4. The number of hydrogen-bond donors (Lipinski definition) is 5. The van der Waals surface area contributed by atoms with Crippen molar-refractivity contribution in [1.82, 2.24) is 0 Å². The van der Waals surface area contributed by atoms with Crippen molar-refractivity contribution < 1.29 is 29.7 Å². The van der Waals surface area contributed by atoms with Crippen molar-refractivity contribution in [3.05, 3.63) is 6.92 Å². The van der Waals surface area contributed by atoms with Crippen molar-refractivity contribution in [2.45, 2.75) is 102 Å². The summed E-state index contributed by atoms with van der Waals surface area (Å²) in [6.07, 6.45) is 3.28. The largest absolute Gasteiger partial charge is 0.393 e. The highest BCUT2D eigenvalue weighted by atomic mass is 31.2. The van der Waals surface area contributed by atoms with Crippen LogP contribution in [0.25, 0.3) is 0 Å². The zero-order valence-electron chi connectivity index (χ0n) is 19.3. The number of aliphatic hydroxyl groups excluding tert-OH is 3. The van der Waals surface area contributed by atoms with Gasteiger partial charge in [0.2, 0.25) is 0 Å². The van der Waals surface area contributed by atoms with Crippen molar-refractivity contribution in [2.24, 2.45) is 40.4 Å². The molecule has 4 aliphatic carbocycles. The van der Waals surface area contributed by atoms with E-state index in [1.54, 1.807) is 0 Å². The molecule has 4 aliphatic rings. The molecule has 179 valence electrons. The lowest BCUT2D eigenvalue weighted by molar-refractivity contribution is -0.202. The third-order valence-electron chi connectivity index (χ3n) is 10.9. The van der Waals surface area contributed by atoms with Gasteiger partial charge >= 0.3 is 7.60 Å². The predicted octanol–water partition coefficient (Wildman–Crippen LogP) is 3.50. The second kappa shape index (κ2) is 7.78. The van der Waals surface area contributed by atoms with Crippen LogP contribution in [0.15, 0.2) is 0 Å². The van der Waals surface area contributed by atoms with Crippen molar-refractivity contribution in [1.29, 1.82) is 0 Å². The Labute approximate surface area is 187 Å². The highest BCUT2D eigenvalue weighted by Crippen LogP contribution is 2.76. The van der Waals surface area contributed by atoms with Crippen LogP contribution in [0.4, 0.5) is 0 Å². The number of hydrogen-bond acceptors (Lipinski definition) is 4. The molecular formula is C24H42O6P. The summed E-state index contributed by atoms with van der Waals surface area (Å²) in [5.41, 5.74) is -1.00. The fourth-order valence-electron chi connectivity index (χ4n) is 9.26. The zero-order valence-corrected chi connectivity index (χ0v) is 20.2. The van der Waals surface area contributed by atoms with Crippen molar-refractivity contribution in [3.8, 4) is 0 Å². The first kappa shape index (κ1) is 24.2. The molecule has 0 aliphatic heterocycles. The van der Waals surface area contributed by atoms with E-state index in [9.17, 15) is 29.7 Å². The van der Waals surface area contributed by atoms with Gasteiger partial charge in [-0.1, -0.05) is 40.5 Å². The average molecular weight is 458 g/mol. The van der Waals surface area contributed by atoms with E-state index in [4.69, 9.17) is 0 Å². The Bertz CT molecular complexity index is 740. The number of fused-ring (bicyclic) bond motifs is 5. The maximum atomic E-state index is 12.9. The van der Waals surface area contributed by atoms with Gasteiger partial charge in [0.25, 0.3) is 0 Å². The topological polar surface area (TPSA) is 118 Å². The van der Waals surface area contributed by atoms with Crippen molar-refractivity contribution in [2.75, 3.05) is 0 Å². The van der Waals surface area contributed by atoms with E-state index in [1.807, 2.05) is 6.92 Å². The molecule has 0 aromatic rings. The van der Waals surface area contributed by atoms with Gasteiger partial charge in [0.05, 0.1) is 23.5 Å². The molecule has 0 saturated heterocycles. The van der Waals surface area contributed by atoms with Gasteiger partial charge in [-0.2, -0.15) is 0 Å². The van der Waals surface area contributed by atoms with Gasteiger partial charge in [0.15, 0.2) is 0 Å². The molecule has 4 rings (SSSR count). The first-order valence-corrected chi connectivity index (χ1v) is 13.8. The lowest BCUT2D eigenvalue weighted by atomic mass is 9.42. The molecule has 5 N–H and O–H groups in total. The summed E-state index contributed by atoms with van der Waals surface area (Å²) < 4.78 is 12.9. The van der Waals surface area contributed by atoms with E-state index >= 15 is 0 Å². The third kappa shape index (κ3) is 3.19. The average Bonchev–Trinajstić information content (AvgIpc) is 3.02. The van der Waals surface area contributed by atoms with Crippen LogP contribution in [0.1, 0.15) is 78.6 Å². The molecule has 0 heterocycles. The number of aliphatic hydroxyl groups is 3. The minimum Gasteiger partial charge on any atom is -0.393 e. The predicted molar refractivity (Wildman–Crippen MR) is 119 cm³/mol. The standard InChI is InChI=1S/C24H42O6P/c1-5-6-14(2)16-7-8-17-21-18(11-20(27)23(16,17)4)22(3)10-9-15(25)12-24(22,13-19(21)26)31(28,29)30/h14-21,25-27H,1,5-13H2,2-4H3,(H2,28,29,30)/t14-,15-,16-,17+,18+,19-,20+,21+,22-,23-,24-/m1/s1. The summed E-state index contributed by atoms with van der Waals surface area (Å²) in [7, 11) is -4.61. The molecule has 0 unspecified atom stereocenters. The lowest BCUT2D eigenvalue weighted by Gasteiger charge is -2.67. The second-order valence-electron chi connectivity index (χ2n) is 11.9. The van der Waals surface area contributed by atoms with Gasteiger partial charge in [-0.3, -0.25) is 4.57 Å². The first-order chi connectivity index (χ1) is 14.3. The summed E-state index contributed by atoms with van der Waals surface area (Å²) in [5, 5.41) is 31.9. The Morgan fingerprint density at radius 1 is 1.06 bits per heavy atom. The van der Waals surface area contributed by atoms with Crippen LogP contribution in [0.2, 0.25) is 0 Å². The smallest absolute Gasteiger partial charge is 0.332 e. The second-order valence-corrected chi connectivity index (χ2v) is 13.8. The Hall–Kier alpha value is 0.0300. The highest BCUT2D eigenvalue weighted by molar-refractivity contribution is 7.53. The normalized spacial score (nSPS) is 53.4. The Balaban J connectivity index is 1.76. The van der Waals surface area contributed by atoms with Crippen LogP contribution in [0.3, 0.4) is 0 Å². The van der Waals surface area contributed by atoms with Gasteiger partial charge in [0.1, 0.15) is 0 Å². The molecule has 11 atom stereocenters. The molecule has 1 radical (unpaired) electrons. The van der Waals surface area contributed by atoms with Crippen LogP contribution in [0.5, 0.6) is 0 Å². The van der Waals surface area contributed by atoms with Crippen LogP contribution in [-0.2, 0) is 4.57 Å². The molecule has 6 nitrogen and oxygen atoms in total. The van der Waals surface area contributed by atoms with E-state index in [0.29, 0.717) is 31.1 Å². The van der Waals surface area contributed by atoms with Gasteiger partial charge in [-0.05, 0) is 85.4 Å². The van der Waals surface area contributed by atoms with E-state index in [1.165, 1.54) is 0 Å². The lowest BCUT2D eigenvalue weighted by Crippen LogP contribution is -2.68. The van der Waals surface area contributed by atoms with Gasteiger partial charge < -0.3 is 25.1 Å². The zero-order chi connectivity index (χ0) is 23.0. The van der Waals surface area contributed by atoms with E-state index in [-0.39, 0.29) is 36.0 Å². The van der Waals surface area contributed by atoms with Crippen LogP contribution in [-0.4, -0.2) is 48.6 Å². The minimum absolute atomic E-state index is 0.0231. The summed E-state index contributed by atoms with van der Waals surface area (Å²) in [6, 6.07) is 0. The molecule has 0 aromatic heterocycles. The highest BCUT2D eigenvalue weighted by Gasteiger charge is 2.73. The fraction of sp³-hybridized carbons (Fsp3) is 0.958. The molecule has 0 aromatic carbocycles. The van der Waals surface area contributed by atoms with Gasteiger partial charge in [-0.15, -0.1) is 0 Å². The molecule has 0 spiro atoms. The van der Waals surface area contributed by atoms with E-state index in [0.717, 1.165) is 25.7 Å². The molecule has 4 saturated carbocycles. The van der Waals surface area contributed by atoms with Crippen LogP contribution >= 0.6 is 7.60 Å². The monoisotopic (exact) mass is 457 g/mol. The molecule has 7 heteroatoms. The Morgan fingerprint density at radius 2 is 1.74 bits per heavy atom.